The molecule has 3 rings (SSSR count). The maximum absolute atomic E-state index is 12.8. The van der Waals surface area contributed by atoms with E-state index >= 15 is 0 Å². The van der Waals surface area contributed by atoms with Crippen molar-refractivity contribution in [3.8, 4) is 0 Å². The van der Waals surface area contributed by atoms with Crippen LogP contribution in [0.25, 0.3) is 0 Å². The molecule has 2 heterocycles. The number of carbonyl (C=O) groups is 1. The van der Waals surface area contributed by atoms with E-state index in [0.29, 0.717) is 6.54 Å². The van der Waals surface area contributed by atoms with Gasteiger partial charge >= 0.3 is 0 Å². The van der Waals surface area contributed by atoms with Gasteiger partial charge in [-0.15, -0.1) is 0 Å². The number of hydrogen-bond donors (Lipinski definition) is 1. The second-order valence-electron chi connectivity index (χ2n) is 5.48. The summed E-state index contributed by atoms with van der Waals surface area (Å²) in [6, 6.07) is 9.76. The number of thiophene rings is 1. The summed E-state index contributed by atoms with van der Waals surface area (Å²) in [5.41, 5.74) is 3.57. The average Bonchev–Trinajstić information content (AvgIpc) is 3.05. The molecule has 0 spiro atoms. The second-order valence-corrected chi connectivity index (χ2v) is 6.22. The number of benzene rings is 1. The van der Waals surface area contributed by atoms with Crippen LogP contribution in [-0.4, -0.2) is 17.0 Å². The predicted octanol–water partition coefficient (Wildman–Crippen LogP) is 3.47. The first-order valence-corrected chi connectivity index (χ1v) is 8.28. The Kier molecular flexibility index (Phi) is 4.08. The number of hydrogen-bond acceptors (Lipinski definition) is 3. The monoisotopic (exact) mass is 300 g/mol. The fraction of sp³-hybridized carbons (Fsp3) is 0.353. The largest absolute Gasteiger partial charge is 0.321 e. The Labute approximate surface area is 129 Å². The van der Waals surface area contributed by atoms with Gasteiger partial charge < -0.3 is 4.90 Å². The van der Waals surface area contributed by atoms with E-state index in [1.807, 2.05) is 35.2 Å². The number of amides is 1. The molecule has 0 radical (unpaired) electrons. The van der Waals surface area contributed by atoms with Crippen LogP contribution in [0.3, 0.4) is 0 Å². The van der Waals surface area contributed by atoms with Gasteiger partial charge in [-0.3, -0.25) is 10.1 Å². The number of aryl methyl sites for hydroxylation is 1. The Morgan fingerprint density at radius 3 is 2.62 bits per heavy atom. The van der Waals surface area contributed by atoms with Crippen LogP contribution in [0.5, 0.6) is 0 Å². The first kappa shape index (κ1) is 14.3. The SMILES string of the molecule is CCC1NC(c2ccccc2)C(=O)N1Cc1cscc1C. The zero-order valence-corrected chi connectivity index (χ0v) is 13.2. The van der Waals surface area contributed by atoms with E-state index in [2.05, 4.69) is 29.9 Å². The zero-order chi connectivity index (χ0) is 14.8. The van der Waals surface area contributed by atoms with Gasteiger partial charge in [0.2, 0.25) is 5.91 Å². The van der Waals surface area contributed by atoms with Gasteiger partial charge in [0.25, 0.3) is 0 Å². The quantitative estimate of drug-likeness (QED) is 0.938. The van der Waals surface area contributed by atoms with Gasteiger partial charge in [-0.25, -0.2) is 0 Å². The van der Waals surface area contributed by atoms with Gasteiger partial charge in [-0.1, -0.05) is 37.3 Å². The first-order valence-electron chi connectivity index (χ1n) is 7.34. The van der Waals surface area contributed by atoms with Crippen LogP contribution >= 0.6 is 11.3 Å². The summed E-state index contributed by atoms with van der Waals surface area (Å²) in [5.74, 6) is 0.179. The Bertz CT molecular complexity index is 623. The van der Waals surface area contributed by atoms with Gasteiger partial charge in [0.05, 0.1) is 6.17 Å². The third-order valence-corrected chi connectivity index (χ3v) is 5.00. The standard InChI is InChI=1S/C17H20N2OS/c1-3-15-18-16(13-7-5-4-6-8-13)17(20)19(15)9-14-11-21-10-12(14)2/h4-8,10-11,15-16,18H,3,9H2,1-2H3. The number of rotatable bonds is 4. The molecule has 1 aliphatic heterocycles. The molecule has 1 N–H and O–H groups in total. The highest BCUT2D eigenvalue weighted by atomic mass is 32.1. The molecule has 1 aliphatic rings. The predicted molar refractivity (Wildman–Crippen MR) is 86.0 cm³/mol. The molecule has 2 aromatic rings. The molecule has 0 bridgehead atoms. The lowest BCUT2D eigenvalue weighted by Gasteiger charge is -2.23. The summed E-state index contributed by atoms with van der Waals surface area (Å²) < 4.78 is 0. The lowest BCUT2D eigenvalue weighted by molar-refractivity contribution is -0.130. The molecule has 110 valence electrons. The van der Waals surface area contributed by atoms with Crippen molar-refractivity contribution < 1.29 is 4.79 Å². The maximum atomic E-state index is 12.8. The minimum Gasteiger partial charge on any atom is -0.321 e. The third kappa shape index (κ3) is 2.74. The van der Waals surface area contributed by atoms with E-state index in [4.69, 9.17) is 0 Å². The van der Waals surface area contributed by atoms with Crippen LogP contribution < -0.4 is 5.32 Å². The second kappa shape index (κ2) is 6.00. The minimum absolute atomic E-state index is 0.113. The maximum Gasteiger partial charge on any atom is 0.245 e. The number of nitrogens with zero attached hydrogens (tertiary/aromatic N) is 1. The Balaban J connectivity index is 1.83. The molecule has 2 unspecified atom stereocenters. The average molecular weight is 300 g/mol. The Morgan fingerprint density at radius 1 is 1.24 bits per heavy atom. The lowest BCUT2D eigenvalue weighted by Crippen LogP contribution is -2.36. The van der Waals surface area contributed by atoms with Crippen LogP contribution in [0.4, 0.5) is 0 Å². The van der Waals surface area contributed by atoms with Crippen LogP contribution in [0, 0.1) is 6.92 Å². The molecule has 0 saturated carbocycles. The number of carbonyl (C=O) groups excluding carboxylic acids is 1. The van der Waals surface area contributed by atoms with Gasteiger partial charge in [-0.05, 0) is 40.8 Å². The van der Waals surface area contributed by atoms with E-state index in [9.17, 15) is 4.79 Å². The molecule has 2 atom stereocenters. The van der Waals surface area contributed by atoms with Gasteiger partial charge in [0, 0.05) is 6.54 Å². The summed E-state index contributed by atoms with van der Waals surface area (Å²) >= 11 is 1.70. The fourth-order valence-corrected chi connectivity index (χ4v) is 3.66. The van der Waals surface area contributed by atoms with Crippen molar-refractivity contribution in [1.29, 1.82) is 0 Å². The molecule has 1 fully saturated rings. The smallest absolute Gasteiger partial charge is 0.245 e. The topological polar surface area (TPSA) is 32.3 Å². The van der Waals surface area contributed by atoms with E-state index in [1.165, 1.54) is 11.1 Å². The van der Waals surface area contributed by atoms with Crippen molar-refractivity contribution in [2.75, 3.05) is 0 Å². The van der Waals surface area contributed by atoms with E-state index in [0.717, 1.165) is 12.0 Å². The molecule has 3 nitrogen and oxygen atoms in total. The summed E-state index contributed by atoms with van der Waals surface area (Å²) in [6.07, 6.45) is 1.03. The van der Waals surface area contributed by atoms with E-state index in [-0.39, 0.29) is 18.1 Å². The number of nitrogens with one attached hydrogen (secondary N) is 1. The van der Waals surface area contributed by atoms with Crippen molar-refractivity contribution in [1.82, 2.24) is 10.2 Å². The van der Waals surface area contributed by atoms with Crippen LogP contribution in [-0.2, 0) is 11.3 Å². The van der Waals surface area contributed by atoms with Crippen molar-refractivity contribution in [2.24, 2.45) is 0 Å². The van der Waals surface area contributed by atoms with Crippen molar-refractivity contribution >= 4 is 17.2 Å². The van der Waals surface area contributed by atoms with Crippen molar-refractivity contribution in [3.63, 3.8) is 0 Å². The van der Waals surface area contributed by atoms with Crippen LogP contribution in [0.2, 0.25) is 0 Å². The summed E-state index contributed by atoms with van der Waals surface area (Å²) in [6.45, 7) is 4.92. The molecule has 0 aliphatic carbocycles. The van der Waals surface area contributed by atoms with Crippen LogP contribution in [0.1, 0.15) is 36.1 Å². The summed E-state index contributed by atoms with van der Waals surface area (Å²) in [4.78, 5) is 14.8. The first-order chi connectivity index (χ1) is 10.2. The molecule has 21 heavy (non-hydrogen) atoms. The van der Waals surface area contributed by atoms with Gasteiger partial charge in [0.1, 0.15) is 6.04 Å². The Morgan fingerprint density at radius 2 is 2.00 bits per heavy atom. The molecule has 4 heteroatoms. The highest BCUT2D eigenvalue weighted by molar-refractivity contribution is 7.08. The van der Waals surface area contributed by atoms with E-state index in [1.54, 1.807) is 11.3 Å². The van der Waals surface area contributed by atoms with Gasteiger partial charge in [0.15, 0.2) is 0 Å². The minimum atomic E-state index is -0.213. The molecular formula is C17H20N2OS. The zero-order valence-electron chi connectivity index (χ0n) is 12.4. The van der Waals surface area contributed by atoms with Crippen LogP contribution in [0.15, 0.2) is 41.1 Å². The molecule has 1 aromatic heterocycles. The molecule has 1 amide bonds. The normalized spacial score (nSPS) is 22.0. The third-order valence-electron chi connectivity index (χ3n) is 4.09. The summed E-state index contributed by atoms with van der Waals surface area (Å²) in [7, 11) is 0. The molecular weight excluding hydrogens is 280 g/mol. The molecule has 1 aromatic carbocycles. The fourth-order valence-electron chi connectivity index (χ4n) is 2.82. The highest BCUT2D eigenvalue weighted by Gasteiger charge is 2.38. The lowest BCUT2D eigenvalue weighted by atomic mass is 10.1. The molecule has 1 saturated heterocycles. The van der Waals surface area contributed by atoms with Gasteiger partial charge in [-0.2, -0.15) is 11.3 Å². The van der Waals surface area contributed by atoms with Crippen molar-refractivity contribution in [2.45, 2.75) is 39.0 Å². The Hall–Kier alpha value is -1.65. The van der Waals surface area contributed by atoms with E-state index < -0.39 is 0 Å². The summed E-state index contributed by atoms with van der Waals surface area (Å²) in [5, 5.41) is 7.75. The highest BCUT2D eigenvalue weighted by Crippen LogP contribution is 2.28. The van der Waals surface area contributed by atoms with Crippen molar-refractivity contribution in [3.05, 3.63) is 57.8 Å².